The standard InChI is InChI=1S/C13H26N4O6/c1-13(2,3)23-12(22)16-7-9(18)17-8(10(19)20)5-4-6-15-11(14)21/h8,11,15,21H,4-7,14H2,1-3H3,(H,16,22)(H,17,18)(H,19,20)/t8-,11?/m0/s1. The molecule has 0 rings (SSSR count). The summed E-state index contributed by atoms with van der Waals surface area (Å²) < 4.78 is 4.95. The Kier molecular flexibility index (Phi) is 9.15. The van der Waals surface area contributed by atoms with Gasteiger partial charge in [0, 0.05) is 0 Å². The van der Waals surface area contributed by atoms with E-state index in [1.54, 1.807) is 20.8 Å². The largest absolute Gasteiger partial charge is 0.480 e. The Hall–Kier alpha value is -1.91. The summed E-state index contributed by atoms with van der Waals surface area (Å²) in [6.07, 6.45) is -1.41. The second-order valence-corrected chi connectivity index (χ2v) is 5.85. The number of carboxylic acid groups (broad SMARTS) is 1. The second kappa shape index (κ2) is 9.98. The van der Waals surface area contributed by atoms with Gasteiger partial charge in [0.25, 0.3) is 0 Å². The van der Waals surface area contributed by atoms with Crippen LogP contribution in [0.1, 0.15) is 33.6 Å². The minimum Gasteiger partial charge on any atom is -0.480 e. The van der Waals surface area contributed by atoms with Gasteiger partial charge in [0.2, 0.25) is 5.91 Å². The molecule has 0 aliphatic heterocycles. The molecule has 0 aromatic heterocycles. The first kappa shape index (κ1) is 21.1. The predicted molar refractivity (Wildman–Crippen MR) is 81.2 cm³/mol. The topological polar surface area (TPSA) is 163 Å². The van der Waals surface area contributed by atoms with Gasteiger partial charge in [-0.2, -0.15) is 0 Å². The number of hydrogen-bond acceptors (Lipinski definition) is 7. The zero-order valence-corrected chi connectivity index (χ0v) is 13.6. The molecule has 23 heavy (non-hydrogen) atoms. The van der Waals surface area contributed by atoms with Crippen molar-refractivity contribution >= 4 is 18.0 Å². The minimum atomic E-state index is -1.19. The molecule has 0 aliphatic carbocycles. The summed E-state index contributed by atoms with van der Waals surface area (Å²) in [5, 5.41) is 24.9. The van der Waals surface area contributed by atoms with Crippen molar-refractivity contribution in [2.24, 2.45) is 5.73 Å². The molecule has 0 saturated heterocycles. The van der Waals surface area contributed by atoms with Crippen LogP contribution in [0.3, 0.4) is 0 Å². The number of amides is 2. The van der Waals surface area contributed by atoms with Gasteiger partial charge in [-0.05, 0) is 40.2 Å². The molecule has 0 bridgehead atoms. The van der Waals surface area contributed by atoms with Crippen molar-refractivity contribution in [2.75, 3.05) is 13.1 Å². The van der Waals surface area contributed by atoms with Gasteiger partial charge in [-0.25, -0.2) is 9.59 Å². The monoisotopic (exact) mass is 334 g/mol. The van der Waals surface area contributed by atoms with Crippen LogP contribution in [-0.4, -0.2) is 59.3 Å². The quantitative estimate of drug-likeness (QED) is 0.223. The summed E-state index contributed by atoms with van der Waals surface area (Å²) in [7, 11) is 0. The van der Waals surface area contributed by atoms with Crippen LogP contribution >= 0.6 is 0 Å². The highest BCUT2D eigenvalue weighted by atomic mass is 16.6. The van der Waals surface area contributed by atoms with Crippen LogP contribution in [0.5, 0.6) is 0 Å². The number of aliphatic hydroxyl groups is 1. The normalized spacial score (nSPS) is 13.8. The highest BCUT2D eigenvalue weighted by Gasteiger charge is 2.21. The van der Waals surface area contributed by atoms with E-state index < -0.39 is 42.5 Å². The molecule has 0 heterocycles. The number of nitrogens with one attached hydrogen (secondary N) is 3. The Morgan fingerprint density at radius 1 is 1.26 bits per heavy atom. The summed E-state index contributed by atoms with van der Waals surface area (Å²) in [6, 6.07) is -1.10. The third-order valence-electron chi connectivity index (χ3n) is 2.45. The molecule has 0 spiro atoms. The fourth-order valence-electron chi connectivity index (χ4n) is 1.53. The molecule has 0 radical (unpaired) electrons. The Labute approximate surface area is 134 Å². The van der Waals surface area contributed by atoms with Crippen molar-refractivity contribution in [3.05, 3.63) is 0 Å². The van der Waals surface area contributed by atoms with Crippen molar-refractivity contribution in [3.63, 3.8) is 0 Å². The van der Waals surface area contributed by atoms with E-state index in [1.807, 2.05) is 0 Å². The van der Waals surface area contributed by atoms with E-state index in [4.69, 9.17) is 20.7 Å². The van der Waals surface area contributed by atoms with Crippen LogP contribution in [0.4, 0.5) is 4.79 Å². The number of nitrogens with two attached hydrogens (primary N) is 1. The number of carbonyl (C=O) groups is 3. The first-order valence-electron chi connectivity index (χ1n) is 7.17. The van der Waals surface area contributed by atoms with Crippen molar-refractivity contribution in [2.45, 2.75) is 51.6 Å². The van der Waals surface area contributed by atoms with Crippen LogP contribution < -0.4 is 21.7 Å². The average molecular weight is 334 g/mol. The lowest BCUT2D eigenvalue weighted by molar-refractivity contribution is -0.141. The van der Waals surface area contributed by atoms with Crippen LogP contribution in [0, 0.1) is 0 Å². The third kappa shape index (κ3) is 12.3. The first-order chi connectivity index (χ1) is 10.5. The molecule has 0 fully saturated rings. The van der Waals surface area contributed by atoms with Gasteiger partial charge in [-0.3, -0.25) is 15.8 Å². The summed E-state index contributed by atoms with van der Waals surface area (Å²) >= 11 is 0. The molecule has 10 heteroatoms. The fraction of sp³-hybridized carbons (Fsp3) is 0.769. The van der Waals surface area contributed by atoms with Crippen LogP contribution in [0.25, 0.3) is 0 Å². The highest BCUT2D eigenvalue weighted by molar-refractivity contribution is 5.86. The van der Waals surface area contributed by atoms with Gasteiger partial charge >= 0.3 is 12.1 Å². The lowest BCUT2D eigenvalue weighted by Crippen LogP contribution is -2.46. The van der Waals surface area contributed by atoms with Gasteiger partial charge in [0.1, 0.15) is 18.2 Å². The number of aliphatic carboxylic acids is 1. The summed E-state index contributed by atoms with van der Waals surface area (Å²) in [6.45, 7) is 4.95. The predicted octanol–water partition coefficient (Wildman–Crippen LogP) is -1.32. The molecule has 134 valence electrons. The Morgan fingerprint density at radius 2 is 1.87 bits per heavy atom. The van der Waals surface area contributed by atoms with E-state index in [2.05, 4.69) is 16.0 Å². The molecule has 0 aromatic carbocycles. The van der Waals surface area contributed by atoms with Gasteiger partial charge in [0.05, 0.1) is 0 Å². The molecule has 0 aromatic rings. The zero-order valence-electron chi connectivity index (χ0n) is 13.6. The van der Waals surface area contributed by atoms with E-state index in [0.717, 1.165) is 0 Å². The lowest BCUT2D eigenvalue weighted by Gasteiger charge is -2.20. The highest BCUT2D eigenvalue weighted by Crippen LogP contribution is 2.06. The fourth-order valence-corrected chi connectivity index (χ4v) is 1.53. The molecule has 7 N–H and O–H groups in total. The van der Waals surface area contributed by atoms with E-state index >= 15 is 0 Å². The smallest absolute Gasteiger partial charge is 0.408 e. The van der Waals surface area contributed by atoms with Crippen LogP contribution in [0.2, 0.25) is 0 Å². The molecule has 10 nitrogen and oxygen atoms in total. The maximum Gasteiger partial charge on any atom is 0.408 e. The van der Waals surface area contributed by atoms with Crippen molar-refractivity contribution in [3.8, 4) is 0 Å². The van der Waals surface area contributed by atoms with Gasteiger partial charge in [-0.15, -0.1) is 0 Å². The Bertz CT molecular complexity index is 408. The maximum atomic E-state index is 11.6. The molecular weight excluding hydrogens is 308 g/mol. The third-order valence-corrected chi connectivity index (χ3v) is 2.45. The second-order valence-electron chi connectivity index (χ2n) is 5.85. The summed E-state index contributed by atoms with van der Waals surface area (Å²) in [5.74, 6) is -1.83. The van der Waals surface area contributed by atoms with E-state index in [1.165, 1.54) is 0 Å². The van der Waals surface area contributed by atoms with Crippen LogP contribution in [0.15, 0.2) is 0 Å². The summed E-state index contributed by atoms with van der Waals surface area (Å²) in [5.41, 5.74) is 4.38. The molecule has 0 saturated carbocycles. The van der Waals surface area contributed by atoms with Gasteiger partial charge in [-0.1, -0.05) is 0 Å². The zero-order chi connectivity index (χ0) is 18.0. The number of rotatable bonds is 9. The lowest BCUT2D eigenvalue weighted by atomic mass is 10.1. The minimum absolute atomic E-state index is 0.146. The van der Waals surface area contributed by atoms with Crippen molar-refractivity contribution < 1.29 is 29.3 Å². The first-order valence-corrected chi connectivity index (χ1v) is 7.17. The molecule has 1 unspecified atom stereocenters. The number of ether oxygens (including phenoxy) is 1. The number of aliphatic hydroxyl groups excluding tert-OH is 1. The molecular formula is C13H26N4O6. The number of hydrogen-bond donors (Lipinski definition) is 6. The van der Waals surface area contributed by atoms with Gasteiger partial charge in [0.15, 0.2) is 6.35 Å². The molecule has 2 atom stereocenters. The Balaban J connectivity index is 4.15. The Morgan fingerprint density at radius 3 is 2.35 bits per heavy atom. The average Bonchev–Trinajstić information content (AvgIpc) is 2.37. The van der Waals surface area contributed by atoms with Gasteiger partial charge < -0.3 is 25.6 Å². The van der Waals surface area contributed by atoms with Crippen molar-refractivity contribution in [1.82, 2.24) is 16.0 Å². The van der Waals surface area contributed by atoms with E-state index in [-0.39, 0.29) is 6.42 Å². The number of carboxylic acids is 1. The number of alkyl carbamates (subject to hydrolysis) is 1. The molecule has 2 amide bonds. The van der Waals surface area contributed by atoms with E-state index in [0.29, 0.717) is 13.0 Å². The van der Waals surface area contributed by atoms with Crippen LogP contribution in [-0.2, 0) is 14.3 Å². The van der Waals surface area contributed by atoms with E-state index in [9.17, 15) is 14.4 Å². The molecule has 0 aliphatic rings. The number of carbonyl (C=O) groups excluding carboxylic acids is 2. The summed E-state index contributed by atoms with van der Waals surface area (Å²) in [4.78, 5) is 34.1. The van der Waals surface area contributed by atoms with Crippen molar-refractivity contribution in [1.29, 1.82) is 0 Å². The SMILES string of the molecule is CC(C)(C)OC(=O)NCC(=O)N[C@@H](CCCNC(N)O)C(=O)O. The maximum absolute atomic E-state index is 11.6.